The van der Waals surface area contributed by atoms with Gasteiger partial charge in [-0.3, -0.25) is 4.79 Å². The molecule has 4 aromatic rings. The summed E-state index contributed by atoms with van der Waals surface area (Å²) in [5.41, 5.74) is 3.15. The number of fused-ring (bicyclic) bond motifs is 2. The number of ether oxygens (including phenoxy) is 3. The van der Waals surface area contributed by atoms with Crippen LogP contribution in [0.15, 0.2) is 72.0 Å². The Hall–Kier alpha value is -3.65. The van der Waals surface area contributed by atoms with E-state index < -0.39 is 0 Å². The quantitative estimate of drug-likeness (QED) is 0.393. The molecule has 1 N–H and O–H groups in total. The summed E-state index contributed by atoms with van der Waals surface area (Å²) in [6, 6.07) is 17.7. The third kappa shape index (κ3) is 4.75. The lowest BCUT2D eigenvalue weighted by atomic mass is 10.2. The third-order valence-electron chi connectivity index (χ3n) is 5.44. The summed E-state index contributed by atoms with van der Waals surface area (Å²) >= 11 is 1.68. The van der Waals surface area contributed by atoms with E-state index in [1.807, 2.05) is 53.2 Å². The van der Waals surface area contributed by atoms with Crippen molar-refractivity contribution in [1.82, 2.24) is 14.9 Å². The second kappa shape index (κ2) is 9.46. The van der Waals surface area contributed by atoms with Crippen molar-refractivity contribution in [3.63, 3.8) is 0 Å². The molecule has 0 unspecified atom stereocenters. The van der Waals surface area contributed by atoms with Gasteiger partial charge in [-0.05, 0) is 47.5 Å². The summed E-state index contributed by atoms with van der Waals surface area (Å²) in [5, 5.41) is 4.96. The van der Waals surface area contributed by atoms with E-state index in [1.165, 1.54) is 5.56 Å². The molecule has 0 fully saturated rings. The maximum absolute atomic E-state index is 12.6. The zero-order valence-electron chi connectivity index (χ0n) is 18.1. The molecule has 33 heavy (non-hydrogen) atoms. The van der Waals surface area contributed by atoms with Gasteiger partial charge in [0.2, 0.25) is 12.7 Å². The number of amides is 1. The van der Waals surface area contributed by atoms with Crippen molar-refractivity contribution in [2.45, 2.75) is 23.9 Å². The van der Waals surface area contributed by atoms with Crippen molar-refractivity contribution in [2.75, 3.05) is 13.9 Å². The third-order valence-corrected chi connectivity index (χ3v) is 6.51. The number of benzene rings is 2. The number of methoxy groups -OCH3 is 1. The Morgan fingerprint density at radius 2 is 1.91 bits per heavy atom. The van der Waals surface area contributed by atoms with Gasteiger partial charge in [0.15, 0.2) is 11.5 Å². The summed E-state index contributed by atoms with van der Waals surface area (Å²) in [7, 11) is 1.66. The number of nitrogens with zero attached hydrogens (tertiary/aromatic N) is 2. The molecule has 0 saturated carbocycles. The van der Waals surface area contributed by atoms with E-state index in [1.54, 1.807) is 25.1 Å². The summed E-state index contributed by atoms with van der Waals surface area (Å²) in [6.45, 7) is 0.904. The predicted molar refractivity (Wildman–Crippen MR) is 127 cm³/mol. The highest BCUT2D eigenvalue weighted by Crippen LogP contribution is 2.32. The largest absolute Gasteiger partial charge is 0.497 e. The smallest absolute Gasteiger partial charge is 0.240 e. The molecular weight excluding hydrogens is 438 g/mol. The molecule has 0 aliphatic carbocycles. The average Bonchev–Trinajstić information content (AvgIpc) is 3.49. The molecule has 3 heterocycles. The van der Waals surface area contributed by atoms with Crippen LogP contribution in [0, 0.1) is 0 Å². The molecular formula is C25H23N3O4S. The van der Waals surface area contributed by atoms with Crippen LogP contribution in [0.3, 0.4) is 0 Å². The Bertz CT molecular complexity index is 1290. The van der Waals surface area contributed by atoms with E-state index in [0.29, 0.717) is 12.3 Å². The van der Waals surface area contributed by atoms with E-state index in [4.69, 9.17) is 14.2 Å². The fourth-order valence-electron chi connectivity index (χ4n) is 3.68. The molecule has 168 valence electrons. The van der Waals surface area contributed by atoms with Gasteiger partial charge in [-0.25, -0.2) is 4.98 Å². The molecule has 1 amide bonds. The Labute approximate surface area is 195 Å². The van der Waals surface area contributed by atoms with E-state index in [0.717, 1.165) is 38.7 Å². The highest BCUT2D eigenvalue weighted by molar-refractivity contribution is 7.98. The van der Waals surface area contributed by atoms with Gasteiger partial charge in [0.1, 0.15) is 17.3 Å². The number of aromatic nitrogens is 2. The van der Waals surface area contributed by atoms with Crippen LogP contribution in [-0.2, 0) is 23.6 Å². The minimum atomic E-state index is -0.0607. The highest BCUT2D eigenvalue weighted by Gasteiger charge is 2.14. The zero-order chi connectivity index (χ0) is 22.6. The molecule has 0 spiro atoms. The molecule has 1 aliphatic heterocycles. The van der Waals surface area contributed by atoms with Gasteiger partial charge in [-0.1, -0.05) is 18.2 Å². The van der Waals surface area contributed by atoms with Gasteiger partial charge >= 0.3 is 0 Å². The van der Waals surface area contributed by atoms with Crippen LogP contribution in [0.2, 0.25) is 0 Å². The van der Waals surface area contributed by atoms with Crippen molar-refractivity contribution in [2.24, 2.45) is 0 Å². The molecule has 0 radical (unpaired) electrons. The number of rotatable bonds is 8. The maximum Gasteiger partial charge on any atom is 0.240 e. The lowest BCUT2D eigenvalue weighted by Crippen LogP contribution is -2.26. The first-order chi connectivity index (χ1) is 16.2. The summed E-state index contributed by atoms with van der Waals surface area (Å²) in [4.78, 5) is 17.1. The van der Waals surface area contributed by atoms with Crippen LogP contribution < -0.4 is 19.5 Å². The zero-order valence-corrected chi connectivity index (χ0v) is 18.9. The number of pyridine rings is 1. The molecule has 5 rings (SSSR count). The Morgan fingerprint density at radius 1 is 1.09 bits per heavy atom. The predicted octanol–water partition coefficient (Wildman–Crippen LogP) is 4.38. The second-order valence-electron chi connectivity index (χ2n) is 7.59. The molecule has 0 atom stereocenters. The fourth-order valence-corrected chi connectivity index (χ4v) is 4.64. The number of hydrogen-bond donors (Lipinski definition) is 1. The van der Waals surface area contributed by atoms with Crippen molar-refractivity contribution in [3.8, 4) is 17.2 Å². The highest BCUT2D eigenvalue weighted by atomic mass is 32.2. The molecule has 2 aromatic heterocycles. The number of thioether (sulfide) groups is 1. The van der Waals surface area contributed by atoms with Crippen molar-refractivity contribution in [1.29, 1.82) is 0 Å². The first-order valence-corrected chi connectivity index (χ1v) is 11.5. The molecule has 2 aromatic carbocycles. The van der Waals surface area contributed by atoms with Crippen LogP contribution in [0.4, 0.5) is 0 Å². The normalized spacial score (nSPS) is 12.2. The van der Waals surface area contributed by atoms with Gasteiger partial charge in [0.05, 0.1) is 12.6 Å². The number of hydrogen-bond acceptors (Lipinski definition) is 6. The first-order valence-electron chi connectivity index (χ1n) is 10.5. The lowest BCUT2D eigenvalue weighted by molar-refractivity contribution is -0.121. The topological polar surface area (TPSA) is 74.6 Å². The monoisotopic (exact) mass is 461 g/mol. The molecule has 1 aliphatic rings. The van der Waals surface area contributed by atoms with Crippen molar-refractivity contribution >= 4 is 28.6 Å². The Morgan fingerprint density at radius 3 is 2.76 bits per heavy atom. The van der Waals surface area contributed by atoms with Crippen LogP contribution in [0.25, 0.3) is 10.9 Å². The van der Waals surface area contributed by atoms with E-state index in [-0.39, 0.29) is 19.2 Å². The van der Waals surface area contributed by atoms with Gasteiger partial charge in [-0.15, -0.1) is 11.8 Å². The maximum atomic E-state index is 12.6. The minimum Gasteiger partial charge on any atom is -0.497 e. The van der Waals surface area contributed by atoms with Crippen molar-refractivity contribution < 1.29 is 19.0 Å². The SMILES string of the molecule is COc1ccc(CSc2nccc3c2ccn3CC(=O)NCc2ccc3c(c2)OCO3)cc1. The average molecular weight is 462 g/mol. The van der Waals surface area contributed by atoms with Crippen LogP contribution in [0.5, 0.6) is 17.2 Å². The second-order valence-corrected chi connectivity index (χ2v) is 8.56. The number of nitrogens with one attached hydrogen (secondary N) is 1. The van der Waals surface area contributed by atoms with Crippen LogP contribution >= 0.6 is 11.8 Å². The van der Waals surface area contributed by atoms with Gasteiger partial charge in [-0.2, -0.15) is 0 Å². The molecule has 0 bridgehead atoms. The number of carbonyl (C=O) groups is 1. The summed E-state index contributed by atoms with van der Waals surface area (Å²) in [5.74, 6) is 3.04. The van der Waals surface area contributed by atoms with Crippen LogP contribution in [-0.4, -0.2) is 29.4 Å². The van der Waals surface area contributed by atoms with Crippen molar-refractivity contribution in [3.05, 3.63) is 78.1 Å². The lowest BCUT2D eigenvalue weighted by Gasteiger charge is -2.09. The molecule has 0 saturated heterocycles. The minimum absolute atomic E-state index is 0.0607. The van der Waals surface area contributed by atoms with E-state index >= 15 is 0 Å². The summed E-state index contributed by atoms with van der Waals surface area (Å²) in [6.07, 6.45) is 3.73. The van der Waals surface area contributed by atoms with Gasteiger partial charge < -0.3 is 24.1 Å². The molecule has 7 nitrogen and oxygen atoms in total. The molecule has 8 heteroatoms. The van der Waals surface area contributed by atoms with E-state index in [2.05, 4.69) is 22.4 Å². The van der Waals surface area contributed by atoms with Crippen LogP contribution in [0.1, 0.15) is 11.1 Å². The van der Waals surface area contributed by atoms with E-state index in [9.17, 15) is 4.79 Å². The van der Waals surface area contributed by atoms with Gasteiger partial charge in [0, 0.05) is 30.1 Å². The first kappa shape index (κ1) is 21.2. The fraction of sp³-hybridized carbons (Fsp3) is 0.200. The Kier molecular flexibility index (Phi) is 6.08. The standard InChI is InChI=1S/C25H23N3O4S/c1-30-19-5-2-17(3-6-19)15-33-25-20-9-11-28(21(20)8-10-26-25)14-24(29)27-13-18-4-7-22-23(12-18)32-16-31-22/h2-12H,13-16H2,1H3,(H,27,29). The Balaban J connectivity index is 1.22. The number of carbonyl (C=O) groups excluding carboxylic acids is 1. The summed E-state index contributed by atoms with van der Waals surface area (Å²) < 4.78 is 17.9. The van der Waals surface area contributed by atoms with Gasteiger partial charge in [0.25, 0.3) is 0 Å².